The maximum atomic E-state index is 12.0. The molecule has 2 aromatic carbocycles. The molecule has 0 saturated carbocycles. The molecule has 0 atom stereocenters. The zero-order valence-electron chi connectivity index (χ0n) is 14.8. The Morgan fingerprint density at radius 3 is 2.19 bits per heavy atom. The van der Waals surface area contributed by atoms with Gasteiger partial charge in [0.1, 0.15) is 0 Å². The predicted octanol–water partition coefficient (Wildman–Crippen LogP) is 2.31. The summed E-state index contributed by atoms with van der Waals surface area (Å²) in [6, 6.07) is 12.4. The van der Waals surface area contributed by atoms with Gasteiger partial charge in [0.05, 0.1) is 11.3 Å². The smallest absolute Gasteiger partial charge is 0.310 e. The second-order valence-corrected chi connectivity index (χ2v) is 8.41. The minimum Gasteiger partial charge on any atom is -0.455 e. The lowest BCUT2D eigenvalue weighted by atomic mass is 10.1. The number of rotatable bonds is 7. The van der Waals surface area contributed by atoms with E-state index in [0.717, 1.165) is 9.87 Å². The molecule has 1 amide bonds. The third kappa shape index (κ3) is 6.06. The van der Waals surface area contributed by atoms with Gasteiger partial charge in [-0.25, -0.2) is 12.7 Å². The SMILES string of the molecule is CN(C)S(=O)(=O)c1ccc(NC(=O)COC(=O)Cc2ccc(Cl)cc2)cc1. The van der Waals surface area contributed by atoms with Crippen LogP contribution in [-0.4, -0.2) is 45.3 Å². The first-order chi connectivity index (χ1) is 12.7. The van der Waals surface area contributed by atoms with Crippen LogP contribution in [0.3, 0.4) is 0 Å². The van der Waals surface area contributed by atoms with E-state index in [1.165, 1.54) is 38.4 Å². The topological polar surface area (TPSA) is 92.8 Å². The second-order valence-electron chi connectivity index (χ2n) is 5.82. The minimum absolute atomic E-state index is 0.0293. The first-order valence-electron chi connectivity index (χ1n) is 7.91. The largest absolute Gasteiger partial charge is 0.455 e. The lowest BCUT2D eigenvalue weighted by Crippen LogP contribution is -2.23. The van der Waals surface area contributed by atoms with Crippen LogP contribution in [0.25, 0.3) is 0 Å². The zero-order valence-corrected chi connectivity index (χ0v) is 16.4. The number of hydrogen-bond acceptors (Lipinski definition) is 5. The van der Waals surface area contributed by atoms with Crippen molar-refractivity contribution in [3.8, 4) is 0 Å². The van der Waals surface area contributed by atoms with E-state index in [2.05, 4.69) is 5.32 Å². The van der Waals surface area contributed by atoms with Crippen molar-refractivity contribution in [3.63, 3.8) is 0 Å². The highest BCUT2D eigenvalue weighted by molar-refractivity contribution is 7.89. The number of ether oxygens (including phenoxy) is 1. The van der Waals surface area contributed by atoms with Crippen LogP contribution in [-0.2, 0) is 30.8 Å². The number of hydrogen-bond donors (Lipinski definition) is 1. The van der Waals surface area contributed by atoms with E-state index < -0.39 is 28.5 Å². The Balaban J connectivity index is 1.85. The average Bonchev–Trinajstić information content (AvgIpc) is 2.62. The van der Waals surface area contributed by atoms with Gasteiger partial charge in [0.25, 0.3) is 5.91 Å². The van der Waals surface area contributed by atoms with Gasteiger partial charge in [-0.3, -0.25) is 9.59 Å². The van der Waals surface area contributed by atoms with Crippen molar-refractivity contribution in [3.05, 3.63) is 59.1 Å². The van der Waals surface area contributed by atoms with Crippen molar-refractivity contribution >= 4 is 39.2 Å². The summed E-state index contributed by atoms with van der Waals surface area (Å²) in [4.78, 5) is 23.7. The number of sulfonamides is 1. The Morgan fingerprint density at radius 1 is 1.04 bits per heavy atom. The van der Waals surface area contributed by atoms with E-state index in [1.807, 2.05) is 0 Å². The fourth-order valence-corrected chi connectivity index (χ4v) is 3.11. The van der Waals surface area contributed by atoms with Gasteiger partial charge in [0, 0.05) is 24.8 Å². The van der Waals surface area contributed by atoms with E-state index in [-0.39, 0.29) is 11.3 Å². The molecule has 0 saturated heterocycles. The Bertz CT molecular complexity index is 910. The molecule has 27 heavy (non-hydrogen) atoms. The summed E-state index contributed by atoms with van der Waals surface area (Å²) in [6.45, 7) is -0.440. The maximum absolute atomic E-state index is 12.0. The van der Waals surface area contributed by atoms with Crippen molar-refractivity contribution in [2.45, 2.75) is 11.3 Å². The summed E-state index contributed by atoms with van der Waals surface area (Å²) in [7, 11) is -0.665. The third-order valence-corrected chi connectivity index (χ3v) is 5.62. The molecule has 1 N–H and O–H groups in total. The quantitative estimate of drug-likeness (QED) is 0.707. The molecule has 9 heteroatoms. The normalized spacial score (nSPS) is 11.3. The highest BCUT2D eigenvalue weighted by Gasteiger charge is 2.17. The molecule has 0 radical (unpaired) electrons. The van der Waals surface area contributed by atoms with Crippen molar-refractivity contribution in [2.24, 2.45) is 0 Å². The number of nitrogens with zero attached hydrogens (tertiary/aromatic N) is 1. The molecule has 0 fully saturated rings. The third-order valence-electron chi connectivity index (χ3n) is 3.54. The number of esters is 1. The average molecular weight is 411 g/mol. The summed E-state index contributed by atoms with van der Waals surface area (Å²) >= 11 is 5.77. The van der Waals surface area contributed by atoms with E-state index in [9.17, 15) is 18.0 Å². The van der Waals surface area contributed by atoms with Gasteiger partial charge < -0.3 is 10.1 Å². The van der Waals surface area contributed by atoms with Crippen LogP contribution >= 0.6 is 11.6 Å². The van der Waals surface area contributed by atoms with Gasteiger partial charge in [-0.2, -0.15) is 0 Å². The standard InChI is InChI=1S/C18H19ClN2O5S/c1-21(2)27(24,25)16-9-7-15(8-10-16)20-17(22)12-26-18(23)11-13-3-5-14(19)6-4-13/h3-10H,11-12H2,1-2H3,(H,20,22). The van der Waals surface area contributed by atoms with Crippen LogP contribution in [0.15, 0.2) is 53.4 Å². The molecule has 2 rings (SSSR count). The number of carbonyl (C=O) groups is 2. The molecular weight excluding hydrogens is 392 g/mol. The van der Waals surface area contributed by atoms with Crippen LogP contribution in [0.4, 0.5) is 5.69 Å². The molecule has 0 aliphatic heterocycles. The van der Waals surface area contributed by atoms with Crippen LogP contribution in [0.2, 0.25) is 5.02 Å². The zero-order chi connectivity index (χ0) is 20.0. The maximum Gasteiger partial charge on any atom is 0.310 e. The number of carbonyl (C=O) groups excluding carboxylic acids is 2. The lowest BCUT2D eigenvalue weighted by Gasteiger charge is -2.12. The summed E-state index contributed by atoms with van der Waals surface area (Å²) in [5, 5.41) is 3.10. The second kappa shape index (κ2) is 8.98. The van der Waals surface area contributed by atoms with Crippen molar-refractivity contribution in [1.29, 1.82) is 0 Å². The molecule has 0 aliphatic rings. The fraction of sp³-hybridized carbons (Fsp3) is 0.222. The summed E-state index contributed by atoms with van der Waals surface area (Å²) in [5.41, 5.74) is 1.12. The minimum atomic E-state index is -3.53. The van der Waals surface area contributed by atoms with E-state index >= 15 is 0 Å². The highest BCUT2D eigenvalue weighted by Crippen LogP contribution is 2.16. The molecule has 0 spiro atoms. The fourth-order valence-electron chi connectivity index (χ4n) is 2.08. The number of benzene rings is 2. The van der Waals surface area contributed by atoms with Gasteiger partial charge in [-0.05, 0) is 42.0 Å². The van der Waals surface area contributed by atoms with Gasteiger partial charge in [-0.1, -0.05) is 23.7 Å². The number of nitrogens with one attached hydrogen (secondary N) is 1. The predicted molar refractivity (Wildman–Crippen MR) is 102 cm³/mol. The summed E-state index contributed by atoms with van der Waals surface area (Å²) < 4.78 is 30.0. The first kappa shape index (κ1) is 20.9. The molecular formula is C18H19ClN2O5S. The van der Waals surface area contributed by atoms with Crippen molar-refractivity contribution in [2.75, 3.05) is 26.0 Å². The summed E-state index contributed by atoms with van der Waals surface area (Å²) in [6.07, 6.45) is 0.0293. The summed E-state index contributed by atoms with van der Waals surface area (Å²) in [5.74, 6) is -1.07. The Labute approximate surface area is 162 Å². The molecule has 2 aromatic rings. The van der Waals surface area contributed by atoms with Gasteiger partial charge in [0.15, 0.2) is 6.61 Å². The van der Waals surface area contributed by atoms with Gasteiger partial charge in [0.2, 0.25) is 10.0 Å². The molecule has 0 heterocycles. The Hall–Kier alpha value is -2.42. The van der Waals surface area contributed by atoms with Gasteiger partial charge >= 0.3 is 5.97 Å². The van der Waals surface area contributed by atoms with E-state index in [1.54, 1.807) is 24.3 Å². The van der Waals surface area contributed by atoms with Crippen LogP contribution in [0, 0.1) is 0 Å². The van der Waals surface area contributed by atoms with Crippen molar-refractivity contribution < 1.29 is 22.7 Å². The molecule has 144 valence electrons. The highest BCUT2D eigenvalue weighted by atomic mass is 35.5. The molecule has 0 bridgehead atoms. The lowest BCUT2D eigenvalue weighted by molar-refractivity contribution is -0.146. The van der Waals surface area contributed by atoms with E-state index in [4.69, 9.17) is 16.3 Å². The van der Waals surface area contributed by atoms with Crippen LogP contribution in [0.1, 0.15) is 5.56 Å². The van der Waals surface area contributed by atoms with Crippen molar-refractivity contribution in [1.82, 2.24) is 4.31 Å². The Morgan fingerprint density at radius 2 is 1.63 bits per heavy atom. The molecule has 0 aromatic heterocycles. The molecule has 0 unspecified atom stereocenters. The number of anilines is 1. The van der Waals surface area contributed by atoms with Gasteiger partial charge in [-0.15, -0.1) is 0 Å². The molecule has 0 aliphatic carbocycles. The van der Waals surface area contributed by atoms with Crippen LogP contribution < -0.4 is 5.32 Å². The number of halogens is 1. The van der Waals surface area contributed by atoms with Crippen LogP contribution in [0.5, 0.6) is 0 Å². The monoisotopic (exact) mass is 410 g/mol. The first-order valence-corrected chi connectivity index (χ1v) is 9.73. The number of amides is 1. The van der Waals surface area contributed by atoms with E-state index in [0.29, 0.717) is 10.7 Å². The molecule has 7 nitrogen and oxygen atoms in total. The Kier molecular flexibility index (Phi) is 6.95.